The molecule has 0 radical (unpaired) electrons. The Balaban J connectivity index is 1.54. The number of rotatable bonds is 6. The highest BCUT2D eigenvalue weighted by Crippen LogP contribution is 2.30. The number of nitrogens with zero attached hydrogens (tertiary/aromatic N) is 1. The highest BCUT2D eigenvalue weighted by molar-refractivity contribution is 7.91. The Morgan fingerprint density at radius 1 is 0.875 bits per heavy atom. The Bertz CT molecular complexity index is 1220. The van der Waals surface area contributed by atoms with Crippen LogP contribution in [0.15, 0.2) is 82.6 Å². The maximum atomic E-state index is 13.5. The molecule has 1 saturated heterocycles. The zero-order valence-corrected chi connectivity index (χ0v) is 18.0. The lowest BCUT2D eigenvalue weighted by atomic mass is 10.1. The van der Waals surface area contributed by atoms with Crippen molar-refractivity contribution in [3.63, 3.8) is 0 Å². The molecule has 0 aliphatic carbocycles. The first-order valence-corrected chi connectivity index (χ1v) is 11.7. The zero-order chi connectivity index (χ0) is 22.8. The molecule has 0 atom stereocenters. The van der Waals surface area contributed by atoms with Gasteiger partial charge in [-0.3, -0.25) is 4.90 Å². The van der Waals surface area contributed by atoms with E-state index in [-0.39, 0.29) is 41.7 Å². The fourth-order valence-electron chi connectivity index (χ4n) is 3.73. The van der Waals surface area contributed by atoms with E-state index in [0.29, 0.717) is 5.56 Å². The van der Waals surface area contributed by atoms with Crippen molar-refractivity contribution < 1.29 is 21.6 Å². The summed E-state index contributed by atoms with van der Waals surface area (Å²) in [6.07, 6.45) is 3.41. The van der Waals surface area contributed by atoms with Crippen molar-refractivity contribution in [1.29, 1.82) is 0 Å². The molecule has 0 saturated carbocycles. The van der Waals surface area contributed by atoms with Crippen molar-refractivity contribution in [2.24, 2.45) is 0 Å². The summed E-state index contributed by atoms with van der Waals surface area (Å²) in [4.78, 5) is 1.85. The second kappa shape index (κ2) is 8.92. The van der Waals surface area contributed by atoms with Crippen molar-refractivity contribution in [2.45, 2.75) is 28.7 Å². The number of hydrogen-bond acceptors (Lipinski definition) is 3. The summed E-state index contributed by atoms with van der Waals surface area (Å²) in [5.41, 5.74) is 2.12. The highest BCUT2D eigenvalue weighted by Gasteiger charge is 2.38. The number of likely N-dealkylation sites (tertiary alicyclic amines) is 1. The van der Waals surface area contributed by atoms with Gasteiger partial charge in [-0.1, -0.05) is 54.6 Å². The molecule has 4 rings (SSSR count). The van der Waals surface area contributed by atoms with E-state index in [0.717, 1.165) is 11.1 Å². The van der Waals surface area contributed by atoms with Crippen molar-refractivity contribution in [3.8, 4) is 0 Å². The minimum absolute atomic E-state index is 0.129. The molecule has 3 aromatic carbocycles. The fourth-order valence-corrected chi connectivity index (χ4v) is 5.21. The van der Waals surface area contributed by atoms with Crippen LogP contribution in [0.4, 0.5) is 13.2 Å². The van der Waals surface area contributed by atoms with E-state index in [9.17, 15) is 21.6 Å². The lowest BCUT2D eigenvalue weighted by Gasteiger charge is -2.18. The third-order valence-electron chi connectivity index (χ3n) is 5.43. The maximum absolute atomic E-state index is 13.5. The third kappa shape index (κ3) is 5.11. The van der Waals surface area contributed by atoms with Gasteiger partial charge in [-0.15, -0.1) is 0 Å². The van der Waals surface area contributed by atoms with Gasteiger partial charge >= 0.3 is 0 Å². The van der Waals surface area contributed by atoms with Gasteiger partial charge in [0, 0.05) is 19.5 Å². The predicted molar refractivity (Wildman–Crippen MR) is 119 cm³/mol. The second-order valence-corrected chi connectivity index (χ2v) is 9.80. The molecule has 0 spiro atoms. The van der Waals surface area contributed by atoms with Crippen LogP contribution in [0.3, 0.4) is 0 Å². The largest absolute Gasteiger partial charge is 0.293 e. The van der Waals surface area contributed by atoms with Crippen LogP contribution in [0, 0.1) is 5.82 Å². The molecular formula is C25H22F3NO2S. The monoisotopic (exact) mass is 457 g/mol. The van der Waals surface area contributed by atoms with E-state index < -0.39 is 15.8 Å². The summed E-state index contributed by atoms with van der Waals surface area (Å²) in [5.74, 6) is -3.04. The molecule has 7 heteroatoms. The van der Waals surface area contributed by atoms with E-state index in [4.69, 9.17) is 0 Å². The summed E-state index contributed by atoms with van der Waals surface area (Å²) in [6, 6.07) is 19.0. The number of hydrogen-bond donors (Lipinski definition) is 0. The van der Waals surface area contributed by atoms with E-state index in [1.165, 1.54) is 30.3 Å². The Hall–Kier alpha value is -2.90. The molecular weight excluding hydrogens is 435 g/mol. The molecule has 0 N–H and O–H groups in total. The first-order valence-electron chi connectivity index (χ1n) is 10.2. The van der Waals surface area contributed by atoms with Gasteiger partial charge in [0.25, 0.3) is 5.92 Å². The summed E-state index contributed by atoms with van der Waals surface area (Å²) in [6.45, 7) is 0.0242. The zero-order valence-electron chi connectivity index (χ0n) is 17.2. The number of benzene rings is 3. The molecule has 1 aliphatic heterocycles. The Kier molecular flexibility index (Phi) is 6.22. The maximum Gasteiger partial charge on any atom is 0.261 e. The lowest BCUT2D eigenvalue weighted by Crippen LogP contribution is -2.25. The van der Waals surface area contributed by atoms with Gasteiger partial charge in [0.1, 0.15) is 5.82 Å². The van der Waals surface area contributed by atoms with Crippen LogP contribution in [-0.2, 0) is 16.4 Å². The van der Waals surface area contributed by atoms with E-state index in [1.807, 2.05) is 12.2 Å². The standard InChI is InChI=1S/C25H22F3NO2S/c26-22-11-7-19(8-12-22)5-6-20-9-13-23(14-10-20)32(30,31)24-4-2-1-3-21(24)17-29-16-15-25(27,28)18-29/h1-14H,15-18H2. The molecule has 1 heterocycles. The fraction of sp³-hybridized carbons (Fsp3) is 0.200. The van der Waals surface area contributed by atoms with Crippen molar-refractivity contribution in [2.75, 3.05) is 13.1 Å². The van der Waals surface area contributed by atoms with E-state index in [1.54, 1.807) is 47.4 Å². The molecule has 1 fully saturated rings. The van der Waals surface area contributed by atoms with Crippen LogP contribution in [-0.4, -0.2) is 32.3 Å². The Morgan fingerprint density at radius 2 is 1.47 bits per heavy atom. The van der Waals surface area contributed by atoms with Crippen LogP contribution < -0.4 is 0 Å². The van der Waals surface area contributed by atoms with Crippen molar-refractivity contribution in [1.82, 2.24) is 4.90 Å². The van der Waals surface area contributed by atoms with Crippen LogP contribution >= 0.6 is 0 Å². The summed E-state index contributed by atoms with van der Waals surface area (Å²) >= 11 is 0. The van der Waals surface area contributed by atoms with Gasteiger partial charge in [-0.2, -0.15) is 0 Å². The number of alkyl halides is 2. The first kappa shape index (κ1) is 22.3. The number of sulfone groups is 1. The van der Waals surface area contributed by atoms with Crippen LogP contribution in [0.2, 0.25) is 0 Å². The quantitative estimate of drug-likeness (QED) is 0.448. The molecule has 3 nitrogen and oxygen atoms in total. The molecule has 0 amide bonds. The van der Waals surface area contributed by atoms with Crippen LogP contribution in [0.25, 0.3) is 12.2 Å². The third-order valence-corrected chi connectivity index (χ3v) is 7.30. The minimum Gasteiger partial charge on any atom is -0.293 e. The average Bonchev–Trinajstić information content (AvgIpc) is 3.12. The van der Waals surface area contributed by atoms with Gasteiger partial charge in [0.05, 0.1) is 16.3 Å². The lowest BCUT2D eigenvalue weighted by molar-refractivity contribution is 0.0114. The highest BCUT2D eigenvalue weighted by atomic mass is 32.2. The van der Waals surface area contributed by atoms with Gasteiger partial charge in [-0.25, -0.2) is 21.6 Å². The molecule has 166 valence electrons. The summed E-state index contributed by atoms with van der Waals surface area (Å²) in [7, 11) is -3.81. The van der Waals surface area contributed by atoms with Crippen LogP contribution in [0.5, 0.6) is 0 Å². The molecule has 1 aliphatic rings. The van der Waals surface area contributed by atoms with Gasteiger partial charge < -0.3 is 0 Å². The van der Waals surface area contributed by atoms with Crippen LogP contribution in [0.1, 0.15) is 23.1 Å². The first-order chi connectivity index (χ1) is 15.2. The van der Waals surface area contributed by atoms with E-state index in [2.05, 4.69) is 0 Å². The number of halogens is 3. The van der Waals surface area contributed by atoms with Gasteiger partial charge in [0.2, 0.25) is 9.84 Å². The SMILES string of the molecule is O=S(=O)(c1ccc(C=Cc2ccc(F)cc2)cc1)c1ccccc1CN1CCC(F)(F)C1. The van der Waals surface area contributed by atoms with E-state index >= 15 is 0 Å². The molecule has 0 bridgehead atoms. The normalized spacial score (nSPS) is 16.6. The summed E-state index contributed by atoms with van der Waals surface area (Å²) in [5, 5.41) is 0. The molecule has 32 heavy (non-hydrogen) atoms. The van der Waals surface area contributed by atoms with Crippen molar-refractivity contribution in [3.05, 3.63) is 95.3 Å². The Morgan fingerprint density at radius 3 is 2.06 bits per heavy atom. The molecule has 3 aromatic rings. The van der Waals surface area contributed by atoms with Gasteiger partial charge in [0.15, 0.2) is 0 Å². The Labute approximate surface area is 185 Å². The predicted octanol–water partition coefficient (Wildman–Crippen LogP) is 5.67. The van der Waals surface area contributed by atoms with Gasteiger partial charge in [-0.05, 0) is 47.0 Å². The summed E-state index contributed by atoms with van der Waals surface area (Å²) < 4.78 is 66.6. The average molecular weight is 458 g/mol. The van der Waals surface area contributed by atoms with Crippen molar-refractivity contribution >= 4 is 22.0 Å². The molecule has 0 unspecified atom stereocenters. The topological polar surface area (TPSA) is 37.4 Å². The smallest absolute Gasteiger partial charge is 0.261 e. The molecule has 0 aromatic heterocycles. The minimum atomic E-state index is -3.81. The second-order valence-electron chi connectivity index (χ2n) is 7.88.